The zero-order valence-corrected chi connectivity index (χ0v) is 23.2. The number of aryl methyl sites for hydroxylation is 2. The fourth-order valence-corrected chi connectivity index (χ4v) is 5.21. The summed E-state index contributed by atoms with van der Waals surface area (Å²) in [6.07, 6.45) is 1.31. The minimum atomic E-state index is -1.16. The molecule has 38 heavy (non-hydrogen) atoms. The van der Waals surface area contributed by atoms with Crippen LogP contribution in [0.15, 0.2) is 33.5 Å². The largest absolute Gasteiger partial charge is 0.464 e. The van der Waals surface area contributed by atoms with Gasteiger partial charge in [-0.05, 0) is 101 Å². The summed E-state index contributed by atoms with van der Waals surface area (Å²) in [6.45, 7) is 15.3. The third-order valence-electron chi connectivity index (χ3n) is 7.84. The summed E-state index contributed by atoms with van der Waals surface area (Å²) < 4.78 is 23.0. The Bertz CT molecular complexity index is 1430. The molecular formula is C30H36N2O6. The highest BCUT2D eigenvalue weighted by Crippen LogP contribution is 2.38. The molecule has 0 fully saturated rings. The summed E-state index contributed by atoms with van der Waals surface area (Å²) in [7, 11) is 0. The van der Waals surface area contributed by atoms with Crippen molar-refractivity contribution in [2.75, 3.05) is 0 Å². The van der Waals surface area contributed by atoms with E-state index in [1.54, 1.807) is 26.4 Å². The van der Waals surface area contributed by atoms with Gasteiger partial charge in [-0.3, -0.25) is 0 Å². The van der Waals surface area contributed by atoms with Crippen LogP contribution in [0, 0.1) is 41.5 Å². The monoisotopic (exact) mass is 520 g/mol. The zero-order valence-electron chi connectivity index (χ0n) is 23.2. The molecule has 4 rings (SSSR count). The number of carbonyl (C=O) groups is 2. The van der Waals surface area contributed by atoms with Crippen LogP contribution in [-0.2, 0) is 19.1 Å². The van der Waals surface area contributed by atoms with Crippen molar-refractivity contribution >= 4 is 33.9 Å². The van der Waals surface area contributed by atoms with Crippen LogP contribution in [0.3, 0.4) is 0 Å². The molecule has 0 aliphatic rings. The molecule has 0 amide bonds. The Morgan fingerprint density at radius 1 is 0.632 bits per heavy atom. The van der Waals surface area contributed by atoms with Crippen LogP contribution in [0.4, 0.5) is 0 Å². The number of nitrogens with two attached hydrogens (primary N) is 2. The van der Waals surface area contributed by atoms with Crippen LogP contribution in [0.25, 0.3) is 21.9 Å². The smallest absolute Gasteiger partial charge is 0.418 e. The first kappa shape index (κ1) is 27.4. The molecule has 0 radical (unpaired) electrons. The molecule has 0 aliphatic heterocycles. The summed E-state index contributed by atoms with van der Waals surface area (Å²) in [5.41, 5.74) is 20.9. The molecule has 0 saturated carbocycles. The number of benzene rings is 2. The van der Waals surface area contributed by atoms with Gasteiger partial charge >= 0.3 is 11.9 Å². The van der Waals surface area contributed by atoms with Crippen LogP contribution in [0.2, 0.25) is 0 Å². The molecule has 2 heterocycles. The van der Waals surface area contributed by atoms with Crippen molar-refractivity contribution in [3.8, 4) is 0 Å². The summed E-state index contributed by atoms with van der Waals surface area (Å²) in [4.78, 5) is 26.3. The van der Waals surface area contributed by atoms with Gasteiger partial charge in [0.2, 0.25) is 0 Å². The van der Waals surface area contributed by atoms with Gasteiger partial charge in [0.15, 0.2) is 0 Å². The number of ether oxygens (including phenoxy) is 2. The Balaban J connectivity index is 1.68. The van der Waals surface area contributed by atoms with Gasteiger partial charge in [-0.25, -0.2) is 9.59 Å². The maximum absolute atomic E-state index is 13.1. The van der Waals surface area contributed by atoms with Crippen molar-refractivity contribution in [2.24, 2.45) is 11.5 Å². The van der Waals surface area contributed by atoms with E-state index in [-0.39, 0.29) is 0 Å². The lowest BCUT2D eigenvalue weighted by molar-refractivity contribution is -0.175. The molecule has 0 bridgehead atoms. The normalized spacial score (nSPS) is 14.9. The summed E-state index contributed by atoms with van der Waals surface area (Å²) in [5, 5.41) is 1.80. The first-order chi connectivity index (χ1) is 17.9. The molecule has 0 spiro atoms. The third-order valence-corrected chi connectivity index (χ3v) is 7.84. The minimum absolute atomic E-state index is 0.577. The number of fused-ring (bicyclic) bond motifs is 2. The van der Waals surface area contributed by atoms with Gasteiger partial charge in [-0.1, -0.05) is 0 Å². The van der Waals surface area contributed by atoms with Gasteiger partial charge in [0.1, 0.15) is 23.4 Å². The number of rotatable bonds is 6. The Kier molecular flexibility index (Phi) is 7.41. The molecule has 202 valence electrons. The number of furan rings is 2. The Hall–Kier alpha value is -3.62. The first-order valence-electron chi connectivity index (χ1n) is 12.7. The number of esters is 2. The van der Waals surface area contributed by atoms with Gasteiger partial charge in [0.05, 0.1) is 12.5 Å². The maximum atomic E-state index is 13.1. The lowest BCUT2D eigenvalue weighted by Gasteiger charge is -2.27. The van der Waals surface area contributed by atoms with Crippen molar-refractivity contribution in [2.45, 2.75) is 79.7 Å². The number of hydrogen-bond donors (Lipinski definition) is 2. The molecule has 8 heteroatoms. The van der Waals surface area contributed by atoms with Gasteiger partial charge in [0, 0.05) is 34.0 Å². The highest BCUT2D eigenvalue weighted by Gasteiger charge is 2.34. The van der Waals surface area contributed by atoms with E-state index in [9.17, 15) is 9.59 Å². The molecule has 0 saturated heterocycles. The van der Waals surface area contributed by atoms with Crippen molar-refractivity contribution in [1.29, 1.82) is 0 Å². The van der Waals surface area contributed by atoms with Crippen LogP contribution < -0.4 is 11.5 Å². The van der Waals surface area contributed by atoms with E-state index in [4.69, 9.17) is 29.8 Å². The van der Waals surface area contributed by atoms with Gasteiger partial charge in [-0.15, -0.1) is 0 Å². The molecule has 0 aliphatic carbocycles. The highest BCUT2D eigenvalue weighted by atomic mass is 16.6. The lowest BCUT2D eigenvalue weighted by Crippen LogP contribution is -2.35. The van der Waals surface area contributed by atoms with Crippen molar-refractivity contribution in [3.05, 3.63) is 69.2 Å². The molecule has 2 aromatic heterocycles. The Morgan fingerprint density at radius 3 is 1.29 bits per heavy atom. The fourth-order valence-electron chi connectivity index (χ4n) is 5.21. The van der Waals surface area contributed by atoms with E-state index in [1.165, 1.54) is 0 Å². The molecular weight excluding hydrogens is 484 g/mol. The summed E-state index contributed by atoms with van der Waals surface area (Å²) >= 11 is 0. The van der Waals surface area contributed by atoms with Crippen molar-refractivity contribution in [1.82, 2.24) is 0 Å². The standard InChI is InChI=1S/C30H36N2O6/c1-13-15(3)21-9-11-35-27(21)23(17(13)5)25(19(7)31)37-29(33)30(34)38-26(20(8)32)24-18(6)14(2)16(4)22-10-12-36-28(22)24/h9-12,19-20,25-26H,31-32H2,1-8H3. The molecule has 4 unspecified atom stereocenters. The lowest BCUT2D eigenvalue weighted by atomic mass is 9.90. The van der Waals surface area contributed by atoms with Crippen molar-refractivity contribution < 1.29 is 27.9 Å². The van der Waals surface area contributed by atoms with E-state index in [0.717, 1.165) is 44.2 Å². The molecule has 4 atom stereocenters. The SMILES string of the molecule is Cc1c(C)c(C(OC(=O)C(=O)OC(c2c(C)c(C)c(C)c3ccoc23)C(C)N)C(C)N)c2occc2c1C. The fraction of sp³-hybridized carbons (Fsp3) is 0.400. The second-order valence-corrected chi connectivity index (χ2v) is 10.3. The van der Waals surface area contributed by atoms with Crippen molar-refractivity contribution in [3.63, 3.8) is 0 Å². The van der Waals surface area contributed by atoms with E-state index in [1.807, 2.05) is 53.7 Å². The van der Waals surface area contributed by atoms with Gasteiger partial charge in [-0.2, -0.15) is 0 Å². The number of hydrogen-bond acceptors (Lipinski definition) is 8. The minimum Gasteiger partial charge on any atom is -0.464 e. The number of carbonyl (C=O) groups excluding carboxylic acids is 2. The van der Waals surface area contributed by atoms with Crippen LogP contribution in [0.1, 0.15) is 70.6 Å². The van der Waals surface area contributed by atoms with E-state index in [0.29, 0.717) is 22.3 Å². The van der Waals surface area contributed by atoms with E-state index < -0.39 is 36.2 Å². The second-order valence-electron chi connectivity index (χ2n) is 10.3. The molecule has 4 aromatic rings. The summed E-state index contributed by atoms with van der Waals surface area (Å²) in [6, 6.07) is 2.47. The topological polar surface area (TPSA) is 131 Å². The van der Waals surface area contributed by atoms with Crippen LogP contribution in [0.5, 0.6) is 0 Å². The van der Waals surface area contributed by atoms with Gasteiger partial charge < -0.3 is 29.8 Å². The maximum Gasteiger partial charge on any atom is 0.418 e. The molecule has 4 N–H and O–H groups in total. The van der Waals surface area contributed by atoms with Crippen LogP contribution in [-0.4, -0.2) is 24.0 Å². The quantitative estimate of drug-likeness (QED) is 0.248. The predicted molar refractivity (Wildman–Crippen MR) is 146 cm³/mol. The predicted octanol–water partition coefficient (Wildman–Crippen LogP) is 5.59. The average molecular weight is 521 g/mol. The Labute approximate surface area is 222 Å². The Morgan fingerprint density at radius 2 is 0.974 bits per heavy atom. The van der Waals surface area contributed by atoms with E-state index in [2.05, 4.69) is 0 Å². The third kappa shape index (κ3) is 4.48. The molecule has 2 aromatic carbocycles. The molecule has 8 nitrogen and oxygen atoms in total. The van der Waals surface area contributed by atoms with Gasteiger partial charge in [0.25, 0.3) is 0 Å². The van der Waals surface area contributed by atoms with E-state index >= 15 is 0 Å². The summed E-state index contributed by atoms with van der Waals surface area (Å²) in [5.74, 6) is -2.32. The van der Waals surface area contributed by atoms with Crippen LogP contribution >= 0.6 is 0 Å². The first-order valence-corrected chi connectivity index (χ1v) is 12.7. The second kappa shape index (κ2) is 10.3. The zero-order chi connectivity index (χ0) is 28.0. The average Bonchev–Trinajstić information content (AvgIpc) is 3.55. The highest BCUT2D eigenvalue weighted by molar-refractivity contribution is 6.29.